The monoisotopic (exact) mass is 209 g/mol. The molecule has 0 aromatic heterocycles. The molecule has 0 spiro atoms. The zero-order valence-corrected chi connectivity index (χ0v) is 8.19. The first-order chi connectivity index (χ1) is 7.15. The Labute approximate surface area is 86.7 Å². The second-order valence-corrected chi connectivity index (χ2v) is 2.70. The van der Waals surface area contributed by atoms with Gasteiger partial charge in [-0.2, -0.15) is 0 Å². The molecule has 1 amide bonds. The highest BCUT2D eigenvalue weighted by Gasteiger charge is 2.12. The fourth-order valence-electron chi connectivity index (χ4n) is 1.09. The van der Waals surface area contributed by atoms with Gasteiger partial charge in [0.15, 0.2) is 0 Å². The largest absolute Gasteiger partial charge is 0.465 e. The SMILES string of the molecule is CCOC(=O)c1ccccc1NC(=O)O. The molecule has 0 bridgehead atoms. The Balaban J connectivity index is 2.95. The number of carbonyl (C=O) groups excluding carboxylic acids is 1. The molecule has 0 atom stereocenters. The van der Waals surface area contributed by atoms with Crippen LogP contribution in [0.3, 0.4) is 0 Å². The van der Waals surface area contributed by atoms with Crippen molar-refractivity contribution in [2.45, 2.75) is 6.92 Å². The van der Waals surface area contributed by atoms with Crippen molar-refractivity contribution in [2.24, 2.45) is 0 Å². The highest BCUT2D eigenvalue weighted by molar-refractivity contribution is 5.99. The molecule has 2 N–H and O–H groups in total. The molecule has 5 nitrogen and oxygen atoms in total. The number of nitrogens with one attached hydrogen (secondary N) is 1. The molecule has 0 aliphatic carbocycles. The van der Waals surface area contributed by atoms with Gasteiger partial charge in [-0.1, -0.05) is 12.1 Å². The van der Waals surface area contributed by atoms with E-state index in [1.165, 1.54) is 12.1 Å². The minimum atomic E-state index is -1.22. The topological polar surface area (TPSA) is 75.6 Å². The third-order valence-corrected chi connectivity index (χ3v) is 1.66. The van der Waals surface area contributed by atoms with E-state index in [1.54, 1.807) is 19.1 Å². The molecule has 1 aromatic carbocycles. The number of benzene rings is 1. The van der Waals surface area contributed by atoms with Gasteiger partial charge in [0.1, 0.15) is 0 Å². The number of carboxylic acid groups (broad SMARTS) is 1. The molecule has 0 aliphatic rings. The molecule has 0 radical (unpaired) electrons. The lowest BCUT2D eigenvalue weighted by Crippen LogP contribution is -2.13. The Hall–Kier alpha value is -2.04. The second kappa shape index (κ2) is 4.99. The predicted molar refractivity (Wildman–Crippen MR) is 54.0 cm³/mol. The van der Waals surface area contributed by atoms with Crippen molar-refractivity contribution < 1.29 is 19.4 Å². The van der Waals surface area contributed by atoms with E-state index in [4.69, 9.17) is 9.84 Å². The van der Waals surface area contributed by atoms with Gasteiger partial charge in [0.2, 0.25) is 0 Å². The van der Waals surface area contributed by atoms with Crippen molar-refractivity contribution >= 4 is 17.7 Å². The number of esters is 1. The maximum atomic E-state index is 11.4. The fourth-order valence-corrected chi connectivity index (χ4v) is 1.09. The average molecular weight is 209 g/mol. The van der Waals surface area contributed by atoms with E-state index >= 15 is 0 Å². The first-order valence-electron chi connectivity index (χ1n) is 4.41. The van der Waals surface area contributed by atoms with Crippen molar-refractivity contribution in [3.05, 3.63) is 29.8 Å². The normalized spacial score (nSPS) is 9.40. The number of amides is 1. The summed E-state index contributed by atoms with van der Waals surface area (Å²) in [5, 5.41) is 10.7. The minimum absolute atomic E-state index is 0.210. The van der Waals surface area contributed by atoms with Crippen molar-refractivity contribution in [2.75, 3.05) is 11.9 Å². The van der Waals surface area contributed by atoms with Crippen LogP contribution in [0.2, 0.25) is 0 Å². The molecule has 15 heavy (non-hydrogen) atoms. The average Bonchev–Trinajstić information content (AvgIpc) is 2.18. The van der Waals surface area contributed by atoms with Gasteiger partial charge in [-0.05, 0) is 19.1 Å². The summed E-state index contributed by atoms with van der Waals surface area (Å²) in [6.07, 6.45) is -1.22. The predicted octanol–water partition coefficient (Wildman–Crippen LogP) is 1.95. The first kappa shape index (κ1) is 11.0. The summed E-state index contributed by atoms with van der Waals surface area (Å²) in [5.74, 6) is -0.540. The molecule has 0 aliphatic heterocycles. The van der Waals surface area contributed by atoms with Crippen LogP contribution in [0.1, 0.15) is 17.3 Å². The van der Waals surface area contributed by atoms with Gasteiger partial charge in [0.25, 0.3) is 0 Å². The highest BCUT2D eigenvalue weighted by Crippen LogP contribution is 2.15. The van der Waals surface area contributed by atoms with E-state index < -0.39 is 12.1 Å². The molecule has 1 aromatic rings. The number of anilines is 1. The van der Waals surface area contributed by atoms with Gasteiger partial charge in [0, 0.05) is 0 Å². The highest BCUT2D eigenvalue weighted by atomic mass is 16.5. The van der Waals surface area contributed by atoms with Gasteiger partial charge < -0.3 is 9.84 Å². The summed E-state index contributed by atoms with van der Waals surface area (Å²) in [5.41, 5.74) is 0.435. The molecule has 0 unspecified atom stereocenters. The van der Waals surface area contributed by atoms with Crippen LogP contribution in [-0.4, -0.2) is 23.8 Å². The number of carbonyl (C=O) groups is 2. The van der Waals surface area contributed by atoms with Crippen LogP contribution in [0.25, 0.3) is 0 Å². The van der Waals surface area contributed by atoms with E-state index in [0.29, 0.717) is 0 Å². The van der Waals surface area contributed by atoms with Crippen molar-refractivity contribution in [1.82, 2.24) is 0 Å². The number of hydrogen-bond donors (Lipinski definition) is 2. The standard InChI is InChI=1S/C10H11NO4/c1-2-15-9(12)7-5-3-4-6-8(7)11-10(13)14/h3-6,11H,2H2,1H3,(H,13,14). The third-order valence-electron chi connectivity index (χ3n) is 1.66. The van der Waals surface area contributed by atoms with Crippen LogP contribution in [0, 0.1) is 0 Å². The Morgan fingerprint density at radius 3 is 2.67 bits per heavy atom. The maximum absolute atomic E-state index is 11.4. The Bertz CT molecular complexity index is 375. The number of ether oxygens (including phenoxy) is 1. The second-order valence-electron chi connectivity index (χ2n) is 2.70. The molecule has 0 fully saturated rings. The first-order valence-corrected chi connectivity index (χ1v) is 4.41. The van der Waals surface area contributed by atoms with E-state index in [0.717, 1.165) is 0 Å². The third kappa shape index (κ3) is 2.98. The molecule has 0 saturated heterocycles. The summed E-state index contributed by atoms with van der Waals surface area (Å²) in [4.78, 5) is 21.8. The van der Waals surface area contributed by atoms with Crippen LogP contribution < -0.4 is 5.32 Å². The number of rotatable bonds is 3. The summed E-state index contributed by atoms with van der Waals surface area (Å²) < 4.78 is 4.78. The van der Waals surface area contributed by atoms with Gasteiger partial charge in [-0.15, -0.1) is 0 Å². The van der Waals surface area contributed by atoms with Crippen LogP contribution in [0.5, 0.6) is 0 Å². The van der Waals surface area contributed by atoms with E-state index in [9.17, 15) is 9.59 Å². The van der Waals surface area contributed by atoms with Crippen molar-refractivity contribution in [3.63, 3.8) is 0 Å². The molecule has 5 heteroatoms. The number of para-hydroxylation sites is 1. The molecular weight excluding hydrogens is 198 g/mol. The lowest BCUT2D eigenvalue weighted by molar-refractivity contribution is 0.0527. The van der Waals surface area contributed by atoms with E-state index in [1.807, 2.05) is 0 Å². The maximum Gasteiger partial charge on any atom is 0.409 e. The van der Waals surface area contributed by atoms with E-state index in [-0.39, 0.29) is 17.9 Å². The fraction of sp³-hybridized carbons (Fsp3) is 0.200. The Morgan fingerprint density at radius 1 is 1.40 bits per heavy atom. The van der Waals surface area contributed by atoms with Crippen LogP contribution in [0.4, 0.5) is 10.5 Å². The zero-order chi connectivity index (χ0) is 11.3. The van der Waals surface area contributed by atoms with Crippen LogP contribution >= 0.6 is 0 Å². The zero-order valence-electron chi connectivity index (χ0n) is 8.19. The summed E-state index contributed by atoms with van der Waals surface area (Å²) >= 11 is 0. The summed E-state index contributed by atoms with van der Waals surface area (Å²) in [6.45, 7) is 1.94. The minimum Gasteiger partial charge on any atom is -0.465 e. The molecule has 1 rings (SSSR count). The van der Waals surface area contributed by atoms with E-state index in [2.05, 4.69) is 5.32 Å². The van der Waals surface area contributed by atoms with Gasteiger partial charge in [-0.25, -0.2) is 9.59 Å². The molecule has 80 valence electrons. The quantitative estimate of drug-likeness (QED) is 0.746. The Kier molecular flexibility index (Phi) is 3.68. The van der Waals surface area contributed by atoms with Crippen molar-refractivity contribution in [3.8, 4) is 0 Å². The van der Waals surface area contributed by atoms with Gasteiger partial charge in [-0.3, -0.25) is 5.32 Å². The van der Waals surface area contributed by atoms with Crippen LogP contribution in [-0.2, 0) is 4.74 Å². The molecular formula is C10H11NO4. The number of hydrogen-bond acceptors (Lipinski definition) is 3. The Morgan fingerprint density at radius 2 is 2.07 bits per heavy atom. The summed E-state index contributed by atoms with van der Waals surface area (Å²) in [6, 6.07) is 6.27. The van der Waals surface area contributed by atoms with Gasteiger partial charge in [0.05, 0.1) is 17.9 Å². The summed E-state index contributed by atoms with van der Waals surface area (Å²) in [7, 11) is 0. The smallest absolute Gasteiger partial charge is 0.409 e. The molecule has 0 heterocycles. The lowest BCUT2D eigenvalue weighted by atomic mass is 10.2. The van der Waals surface area contributed by atoms with Crippen LogP contribution in [0.15, 0.2) is 24.3 Å². The molecule has 0 saturated carbocycles. The lowest BCUT2D eigenvalue weighted by Gasteiger charge is -2.07. The van der Waals surface area contributed by atoms with Crippen molar-refractivity contribution in [1.29, 1.82) is 0 Å². The van der Waals surface area contributed by atoms with Gasteiger partial charge >= 0.3 is 12.1 Å².